The summed E-state index contributed by atoms with van der Waals surface area (Å²) in [6, 6.07) is 7.76. The predicted octanol–water partition coefficient (Wildman–Crippen LogP) is 1.63. The molecule has 1 fully saturated rings. The van der Waals surface area contributed by atoms with Gasteiger partial charge in [0, 0.05) is 56.4 Å². The van der Waals surface area contributed by atoms with Crippen molar-refractivity contribution in [1.29, 1.82) is 0 Å². The zero-order valence-corrected chi connectivity index (χ0v) is 11.6. The molecule has 0 amide bonds. The number of hydrogen-bond acceptors (Lipinski definition) is 3. The summed E-state index contributed by atoms with van der Waals surface area (Å²) in [5.41, 5.74) is 2.49. The summed E-state index contributed by atoms with van der Waals surface area (Å²) in [6.07, 6.45) is 0. The number of hydrogen-bond donors (Lipinski definition) is 1. The summed E-state index contributed by atoms with van der Waals surface area (Å²) in [4.78, 5) is 4.87. The van der Waals surface area contributed by atoms with Gasteiger partial charge in [-0.2, -0.15) is 0 Å². The normalized spacial score (nSPS) is 18.2. The number of aromatic hydroxyl groups is 1. The zero-order valence-electron chi connectivity index (χ0n) is 11.6. The topological polar surface area (TPSA) is 31.6 Å². The van der Waals surface area contributed by atoms with Crippen molar-refractivity contribution in [2.75, 3.05) is 33.2 Å². The highest BCUT2D eigenvalue weighted by Crippen LogP contribution is 2.24. The molecule has 4 heteroatoms. The maximum Gasteiger partial charge on any atom is 0.116 e. The van der Waals surface area contributed by atoms with E-state index in [1.165, 1.54) is 11.2 Å². The Morgan fingerprint density at radius 3 is 2.53 bits per heavy atom. The number of rotatable bonds is 2. The fourth-order valence-electron chi connectivity index (χ4n) is 2.78. The Labute approximate surface area is 113 Å². The fraction of sp³-hybridized carbons (Fsp3) is 0.467. The Balaban J connectivity index is 1.83. The van der Waals surface area contributed by atoms with E-state index in [0.717, 1.165) is 38.1 Å². The van der Waals surface area contributed by atoms with Gasteiger partial charge in [-0.05, 0) is 31.3 Å². The second-order valence-corrected chi connectivity index (χ2v) is 5.52. The molecule has 0 aliphatic carbocycles. The molecular formula is C15H21N3O. The van der Waals surface area contributed by atoms with Crippen molar-refractivity contribution in [2.24, 2.45) is 7.05 Å². The molecule has 0 atom stereocenters. The van der Waals surface area contributed by atoms with Crippen molar-refractivity contribution in [3.63, 3.8) is 0 Å². The second kappa shape index (κ2) is 4.87. The second-order valence-electron chi connectivity index (χ2n) is 5.52. The molecule has 1 aliphatic heterocycles. The lowest BCUT2D eigenvalue weighted by molar-refractivity contribution is 0.146. The molecular weight excluding hydrogens is 238 g/mol. The van der Waals surface area contributed by atoms with Gasteiger partial charge in [-0.15, -0.1) is 0 Å². The van der Waals surface area contributed by atoms with Crippen LogP contribution in [0.15, 0.2) is 24.3 Å². The number of aryl methyl sites for hydroxylation is 1. The molecule has 0 saturated carbocycles. The van der Waals surface area contributed by atoms with Gasteiger partial charge in [-0.1, -0.05) is 0 Å². The van der Waals surface area contributed by atoms with Gasteiger partial charge in [0.15, 0.2) is 0 Å². The van der Waals surface area contributed by atoms with Crippen LogP contribution in [-0.4, -0.2) is 52.7 Å². The molecule has 0 bridgehead atoms. The zero-order chi connectivity index (χ0) is 13.4. The molecule has 1 aliphatic rings. The van der Waals surface area contributed by atoms with Crippen LogP contribution in [0.5, 0.6) is 5.75 Å². The van der Waals surface area contributed by atoms with Crippen molar-refractivity contribution in [3.8, 4) is 5.75 Å². The third kappa shape index (κ3) is 2.46. The Bertz CT molecular complexity index is 582. The van der Waals surface area contributed by atoms with Crippen LogP contribution >= 0.6 is 0 Å². The van der Waals surface area contributed by atoms with Crippen LogP contribution in [-0.2, 0) is 13.6 Å². The van der Waals surface area contributed by atoms with Gasteiger partial charge in [0.1, 0.15) is 5.75 Å². The van der Waals surface area contributed by atoms with Crippen LogP contribution in [0.2, 0.25) is 0 Å². The molecule has 0 radical (unpaired) electrons. The Kier molecular flexibility index (Phi) is 3.21. The van der Waals surface area contributed by atoms with Gasteiger partial charge in [0.05, 0.1) is 0 Å². The Hall–Kier alpha value is -1.52. The van der Waals surface area contributed by atoms with Crippen LogP contribution in [0.25, 0.3) is 10.9 Å². The van der Waals surface area contributed by atoms with E-state index in [2.05, 4.69) is 34.5 Å². The molecule has 102 valence electrons. The summed E-state index contributed by atoms with van der Waals surface area (Å²) in [6.45, 7) is 5.53. The first kappa shape index (κ1) is 12.5. The molecule has 1 aromatic carbocycles. The van der Waals surface area contributed by atoms with E-state index in [1.807, 2.05) is 12.1 Å². The van der Waals surface area contributed by atoms with Gasteiger partial charge < -0.3 is 14.6 Å². The van der Waals surface area contributed by atoms with E-state index < -0.39 is 0 Å². The molecule has 4 nitrogen and oxygen atoms in total. The van der Waals surface area contributed by atoms with Crippen LogP contribution in [0, 0.1) is 0 Å². The van der Waals surface area contributed by atoms with Crippen molar-refractivity contribution in [3.05, 3.63) is 30.0 Å². The molecule has 2 aromatic rings. The molecule has 0 unspecified atom stereocenters. The van der Waals surface area contributed by atoms with Gasteiger partial charge in [-0.3, -0.25) is 4.90 Å². The summed E-state index contributed by atoms with van der Waals surface area (Å²) < 4.78 is 2.23. The summed E-state index contributed by atoms with van der Waals surface area (Å²) in [5.74, 6) is 0.337. The molecule has 3 rings (SSSR count). The monoisotopic (exact) mass is 259 g/mol. The Morgan fingerprint density at radius 2 is 1.79 bits per heavy atom. The number of nitrogens with zero attached hydrogens (tertiary/aromatic N) is 3. The summed E-state index contributed by atoms with van der Waals surface area (Å²) in [5, 5.41) is 10.7. The number of fused-ring (bicyclic) bond motifs is 1. The van der Waals surface area contributed by atoms with Crippen molar-refractivity contribution < 1.29 is 5.11 Å². The minimum absolute atomic E-state index is 0.337. The first-order valence-electron chi connectivity index (χ1n) is 6.82. The predicted molar refractivity (Wildman–Crippen MR) is 77.4 cm³/mol. The maximum absolute atomic E-state index is 9.56. The third-order valence-corrected chi connectivity index (χ3v) is 4.11. The maximum atomic E-state index is 9.56. The highest BCUT2D eigenvalue weighted by atomic mass is 16.3. The van der Waals surface area contributed by atoms with Gasteiger partial charge in [-0.25, -0.2) is 0 Å². The van der Waals surface area contributed by atoms with Gasteiger partial charge >= 0.3 is 0 Å². The number of phenolic OH excluding ortho intramolecular Hbond substituents is 1. The van der Waals surface area contributed by atoms with Crippen molar-refractivity contribution >= 4 is 10.9 Å². The number of phenols is 1. The van der Waals surface area contributed by atoms with Crippen LogP contribution in [0.1, 0.15) is 5.69 Å². The first-order valence-corrected chi connectivity index (χ1v) is 6.82. The number of aromatic nitrogens is 1. The summed E-state index contributed by atoms with van der Waals surface area (Å²) >= 11 is 0. The standard InChI is InChI=1S/C15H21N3O/c1-16-5-7-18(8-6-16)11-13-9-12-10-14(19)3-4-15(12)17(13)2/h3-4,9-10,19H,5-8,11H2,1-2H3. The fourth-order valence-corrected chi connectivity index (χ4v) is 2.78. The Morgan fingerprint density at radius 1 is 1.05 bits per heavy atom. The lowest BCUT2D eigenvalue weighted by atomic mass is 10.2. The largest absolute Gasteiger partial charge is 0.508 e. The van der Waals surface area contributed by atoms with E-state index in [0.29, 0.717) is 5.75 Å². The third-order valence-electron chi connectivity index (χ3n) is 4.11. The van der Waals surface area contributed by atoms with Crippen molar-refractivity contribution in [1.82, 2.24) is 14.4 Å². The highest BCUT2D eigenvalue weighted by molar-refractivity contribution is 5.82. The minimum Gasteiger partial charge on any atom is -0.508 e. The van der Waals surface area contributed by atoms with Crippen LogP contribution < -0.4 is 0 Å². The van der Waals surface area contributed by atoms with E-state index in [4.69, 9.17) is 0 Å². The lowest BCUT2D eigenvalue weighted by Crippen LogP contribution is -2.44. The molecule has 1 aromatic heterocycles. The first-order chi connectivity index (χ1) is 9.13. The minimum atomic E-state index is 0.337. The van der Waals surface area contributed by atoms with Crippen LogP contribution in [0.4, 0.5) is 0 Å². The van der Waals surface area contributed by atoms with Gasteiger partial charge in [0.2, 0.25) is 0 Å². The quantitative estimate of drug-likeness (QED) is 0.889. The number of piperazine rings is 1. The van der Waals surface area contributed by atoms with E-state index in [-0.39, 0.29) is 0 Å². The highest BCUT2D eigenvalue weighted by Gasteiger charge is 2.16. The van der Waals surface area contributed by atoms with E-state index in [1.54, 1.807) is 6.07 Å². The molecule has 0 spiro atoms. The molecule has 19 heavy (non-hydrogen) atoms. The SMILES string of the molecule is CN1CCN(Cc2cc3cc(O)ccc3n2C)CC1. The number of likely N-dealkylation sites (N-methyl/N-ethyl adjacent to an activating group) is 1. The average Bonchev–Trinajstić information content (AvgIpc) is 2.68. The van der Waals surface area contributed by atoms with E-state index in [9.17, 15) is 5.11 Å². The molecule has 1 saturated heterocycles. The van der Waals surface area contributed by atoms with Gasteiger partial charge in [0.25, 0.3) is 0 Å². The average molecular weight is 259 g/mol. The molecule has 1 N–H and O–H groups in total. The van der Waals surface area contributed by atoms with Crippen LogP contribution in [0.3, 0.4) is 0 Å². The lowest BCUT2D eigenvalue weighted by Gasteiger charge is -2.32. The van der Waals surface area contributed by atoms with E-state index >= 15 is 0 Å². The summed E-state index contributed by atoms with van der Waals surface area (Å²) in [7, 11) is 4.28. The smallest absolute Gasteiger partial charge is 0.116 e. The molecule has 2 heterocycles. The number of benzene rings is 1. The van der Waals surface area contributed by atoms with Crippen molar-refractivity contribution in [2.45, 2.75) is 6.54 Å².